The summed E-state index contributed by atoms with van der Waals surface area (Å²) in [6.07, 6.45) is 7.26. The molecule has 0 saturated heterocycles. The number of hydrogen-bond donors (Lipinski definition) is 1. The number of methoxy groups -OCH3 is 1. The number of cyclic esters (lactones) is 1. The number of ketones is 1. The first kappa shape index (κ1) is 18.0. The van der Waals surface area contributed by atoms with Gasteiger partial charge >= 0.3 is 5.97 Å². The van der Waals surface area contributed by atoms with Gasteiger partial charge < -0.3 is 14.6 Å². The van der Waals surface area contributed by atoms with Gasteiger partial charge in [-0.1, -0.05) is 12.2 Å². The van der Waals surface area contributed by atoms with E-state index in [2.05, 4.69) is 0 Å². The standard InChI is InChI=1S/C19H24O5/c1-13-7-6-10-15(20)9-5-3-4-8-14-11-16(23-2)12-17(21)18(14)19(22)24-13/h4,8,11-13,21H,3,5-7,9-10H2,1-2H3/b8-4+. The highest BCUT2D eigenvalue weighted by atomic mass is 16.5. The Labute approximate surface area is 142 Å². The van der Waals surface area contributed by atoms with Crippen LogP contribution in [0.4, 0.5) is 0 Å². The second-order valence-corrected chi connectivity index (χ2v) is 6.05. The van der Waals surface area contributed by atoms with Crippen LogP contribution in [0, 0.1) is 0 Å². The molecule has 1 aromatic rings. The van der Waals surface area contributed by atoms with E-state index in [0.717, 1.165) is 12.8 Å². The first-order valence-corrected chi connectivity index (χ1v) is 8.31. The van der Waals surface area contributed by atoms with Crippen molar-refractivity contribution in [2.24, 2.45) is 0 Å². The second-order valence-electron chi connectivity index (χ2n) is 6.05. The molecule has 0 spiro atoms. The lowest BCUT2D eigenvalue weighted by Crippen LogP contribution is -2.16. The molecule has 1 heterocycles. The summed E-state index contributed by atoms with van der Waals surface area (Å²) in [6, 6.07) is 3.09. The fraction of sp³-hybridized carbons (Fsp3) is 0.474. The summed E-state index contributed by atoms with van der Waals surface area (Å²) in [5, 5.41) is 10.2. The van der Waals surface area contributed by atoms with Gasteiger partial charge in [0.1, 0.15) is 22.8 Å². The Kier molecular flexibility index (Phi) is 6.41. The average molecular weight is 332 g/mol. The van der Waals surface area contributed by atoms with Crippen LogP contribution in [0.15, 0.2) is 18.2 Å². The number of phenolic OH excluding ortho intramolecular Hbond substituents is 1. The van der Waals surface area contributed by atoms with E-state index in [4.69, 9.17) is 9.47 Å². The van der Waals surface area contributed by atoms with Crippen molar-refractivity contribution in [1.82, 2.24) is 0 Å². The van der Waals surface area contributed by atoms with E-state index in [-0.39, 0.29) is 23.2 Å². The molecule has 1 aliphatic heterocycles. The topological polar surface area (TPSA) is 72.8 Å². The molecule has 0 saturated carbocycles. The molecular formula is C19H24O5. The van der Waals surface area contributed by atoms with Crippen LogP contribution < -0.4 is 4.74 Å². The van der Waals surface area contributed by atoms with E-state index in [1.807, 2.05) is 6.08 Å². The zero-order valence-corrected chi connectivity index (χ0v) is 14.2. The van der Waals surface area contributed by atoms with Gasteiger partial charge in [0.15, 0.2) is 0 Å². The van der Waals surface area contributed by atoms with Crippen LogP contribution in [-0.2, 0) is 9.53 Å². The van der Waals surface area contributed by atoms with Gasteiger partial charge in [0, 0.05) is 18.9 Å². The molecule has 1 atom stereocenters. The van der Waals surface area contributed by atoms with Crippen LogP contribution in [0.25, 0.3) is 6.08 Å². The molecule has 1 unspecified atom stereocenters. The largest absolute Gasteiger partial charge is 0.507 e. The Balaban J connectivity index is 2.34. The minimum absolute atomic E-state index is 0.145. The monoisotopic (exact) mass is 332 g/mol. The molecule has 0 bridgehead atoms. The lowest BCUT2D eigenvalue weighted by Gasteiger charge is -2.16. The highest BCUT2D eigenvalue weighted by molar-refractivity contribution is 5.97. The van der Waals surface area contributed by atoms with Crippen LogP contribution in [0.5, 0.6) is 11.5 Å². The number of rotatable bonds is 1. The van der Waals surface area contributed by atoms with Crippen LogP contribution in [0.2, 0.25) is 0 Å². The number of aromatic hydroxyl groups is 1. The smallest absolute Gasteiger partial charge is 0.342 e. The fourth-order valence-corrected chi connectivity index (χ4v) is 2.73. The number of benzene rings is 1. The predicted octanol–water partition coefficient (Wildman–Crippen LogP) is 3.88. The third-order valence-corrected chi connectivity index (χ3v) is 4.06. The van der Waals surface area contributed by atoms with Crippen molar-refractivity contribution in [2.75, 3.05) is 7.11 Å². The van der Waals surface area contributed by atoms with Gasteiger partial charge in [-0.3, -0.25) is 4.79 Å². The van der Waals surface area contributed by atoms with E-state index < -0.39 is 5.97 Å². The van der Waals surface area contributed by atoms with E-state index in [0.29, 0.717) is 37.0 Å². The fourth-order valence-electron chi connectivity index (χ4n) is 2.73. The van der Waals surface area contributed by atoms with Crippen molar-refractivity contribution in [3.8, 4) is 11.5 Å². The summed E-state index contributed by atoms with van der Waals surface area (Å²) in [7, 11) is 1.50. The molecule has 2 rings (SSSR count). The van der Waals surface area contributed by atoms with Crippen LogP contribution in [0.1, 0.15) is 61.4 Å². The van der Waals surface area contributed by atoms with Crippen LogP contribution >= 0.6 is 0 Å². The van der Waals surface area contributed by atoms with Crippen molar-refractivity contribution in [3.63, 3.8) is 0 Å². The number of allylic oxidation sites excluding steroid dienone is 1. The summed E-state index contributed by atoms with van der Waals surface area (Å²) in [5.41, 5.74) is 0.694. The lowest BCUT2D eigenvalue weighted by atomic mass is 10.0. The second kappa shape index (κ2) is 8.52. The number of hydrogen-bond acceptors (Lipinski definition) is 5. The number of Topliss-reactive ketones (excluding diaryl/α,β-unsaturated/α-hetero) is 1. The predicted molar refractivity (Wildman–Crippen MR) is 91.3 cm³/mol. The van der Waals surface area contributed by atoms with Crippen molar-refractivity contribution in [1.29, 1.82) is 0 Å². The van der Waals surface area contributed by atoms with Gasteiger partial charge in [-0.05, 0) is 44.2 Å². The Morgan fingerprint density at radius 3 is 2.71 bits per heavy atom. The molecule has 1 N–H and O–H groups in total. The maximum Gasteiger partial charge on any atom is 0.342 e. The van der Waals surface area contributed by atoms with Gasteiger partial charge in [0.05, 0.1) is 13.2 Å². The minimum Gasteiger partial charge on any atom is -0.507 e. The molecule has 5 nitrogen and oxygen atoms in total. The third-order valence-electron chi connectivity index (χ3n) is 4.06. The first-order valence-electron chi connectivity index (χ1n) is 8.31. The van der Waals surface area contributed by atoms with Gasteiger partial charge in [0.25, 0.3) is 0 Å². The molecule has 130 valence electrons. The van der Waals surface area contributed by atoms with E-state index >= 15 is 0 Å². The van der Waals surface area contributed by atoms with Gasteiger partial charge in [0.2, 0.25) is 0 Å². The normalized spacial score (nSPS) is 21.3. The maximum absolute atomic E-state index is 12.4. The number of fused-ring (bicyclic) bond motifs is 1. The molecule has 0 aliphatic carbocycles. The molecule has 1 aromatic carbocycles. The average Bonchev–Trinajstić information content (AvgIpc) is 2.53. The van der Waals surface area contributed by atoms with Crippen LogP contribution in [0.3, 0.4) is 0 Å². The SMILES string of the molecule is COc1cc(O)c2c(c1)/C=C/CCCC(=O)CCCC(C)OC2=O. The highest BCUT2D eigenvalue weighted by Crippen LogP contribution is 2.30. The summed E-state index contributed by atoms with van der Waals surface area (Å²) in [6.45, 7) is 1.80. The summed E-state index contributed by atoms with van der Waals surface area (Å²) in [4.78, 5) is 24.2. The molecule has 0 aromatic heterocycles. The number of ether oxygens (including phenoxy) is 2. The Bertz CT molecular complexity index is 633. The van der Waals surface area contributed by atoms with Gasteiger partial charge in [-0.25, -0.2) is 4.79 Å². The Morgan fingerprint density at radius 2 is 1.96 bits per heavy atom. The van der Waals surface area contributed by atoms with Gasteiger partial charge in [-0.2, -0.15) is 0 Å². The molecule has 24 heavy (non-hydrogen) atoms. The molecule has 0 amide bonds. The van der Waals surface area contributed by atoms with E-state index in [1.165, 1.54) is 13.2 Å². The Morgan fingerprint density at radius 1 is 1.21 bits per heavy atom. The molecule has 1 aliphatic rings. The van der Waals surface area contributed by atoms with Crippen molar-refractivity contribution < 1.29 is 24.2 Å². The van der Waals surface area contributed by atoms with E-state index in [1.54, 1.807) is 19.1 Å². The zero-order chi connectivity index (χ0) is 17.5. The highest BCUT2D eigenvalue weighted by Gasteiger charge is 2.21. The number of phenols is 1. The van der Waals surface area contributed by atoms with Crippen LogP contribution in [-0.4, -0.2) is 30.1 Å². The van der Waals surface area contributed by atoms with Crippen molar-refractivity contribution in [3.05, 3.63) is 29.3 Å². The maximum atomic E-state index is 12.4. The number of carbonyl (C=O) groups is 2. The molecule has 0 fully saturated rings. The lowest BCUT2D eigenvalue weighted by molar-refractivity contribution is -0.119. The third kappa shape index (κ3) is 4.85. The van der Waals surface area contributed by atoms with Crippen molar-refractivity contribution in [2.45, 2.75) is 51.6 Å². The van der Waals surface area contributed by atoms with Gasteiger partial charge in [-0.15, -0.1) is 0 Å². The first-order chi connectivity index (χ1) is 11.5. The summed E-state index contributed by atoms with van der Waals surface area (Å²) in [5.74, 6) is -0.00842. The quantitative estimate of drug-likeness (QED) is 0.790. The minimum atomic E-state index is -0.564. The zero-order valence-electron chi connectivity index (χ0n) is 14.2. The van der Waals surface area contributed by atoms with E-state index in [9.17, 15) is 14.7 Å². The van der Waals surface area contributed by atoms with Crippen molar-refractivity contribution >= 4 is 17.8 Å². The summed E-state index contributed by atoms with van der Waals surface area (Å²) >= 11 is 0. The Hall–Kier alpha value is -2.30. The molecular weight excluding hydrogens is 308 g/mol. The molecule has 5 heteroatoms. The number of carbonyl (C=O) groups excluding carboxylic acids is 2. The number of esters is 1. The molecule has 0 radical (unpaired) electrons. The summed E-state index contributed by atoms with van der Waals surface area (Å²) < 4.78 is 10.6.